The van der Waals surface area contributed by atoms with Crippen LogP contribution in [0.1, 0.15) is 25.8 Å². The molecule has 0 aliphatic heterocycles. The number of esters is 1. The second-order valence-electron chi connectivity index (χ2n) is 4.52. The highest BCUT2D eigenvalue weighted by molar-refractivity contribution is 5.74. The van der Waals surface area contributed by atoms with E-state index in [2.05, 4.69) is 0 Å². The monoisotopic (exact) mass is 251 g/mol. The molecular formula is C13H17NO4. The first-order chi connectivity index (χ1) is 8.50. The molecule has 0 fully saturated rings. The van der Waals surface area contributed by atoms with Gasteiger partial charge in [0.15, 0.2) is 0 Å². The van der Waals surface area contributed by atoms with Crippen LogP contribution in [0.2, 0.25) is 0 Å². The fourth-order valence-electron chi connectivity index (χ4n) is 1.54. The van der Waals surface area contributed by atoms with Crippen molar-refractivity contribution in [3.8, 4) is 0 Å². The highest BCUT2D eigenvalue weighted by Crippen LogP contribution is 2.10. The second-order valence-corrected chi connectivity index (χ2v) is 4.52. The standard InChI is InChI=1S/C13H17NO4/c1-10(2)8-12(14(16)17)13(15)18-9-11-6-4-3-5-7-11/h3-7,10,12H,8-9H2,1-2H3. The quantitative estimate of drug-likeness (QED) is 0.442. The molecule has 1 atom stereocenters. The predicted octanol–water partition coefficient (Wildman–Crippen LogP) is 2.42. The molecule has 0 N–H and O–H groups in total. The van der Waals surface area contributed by atoms with E-state index in [1.165, 1.54) is 0 Å². The minimum atomic E-state index is -1.27. The van der Waals surface area contributed by atoms with Gasteiger partial charge in [-0.3, -0.25) is 10.1 Å². The first kappa shape index (κ1) is 14.2. The van der Waals surface area contributed by atoms with Gasteiger partial charge >= 0.3 is 12.0 Å². The summed E-state index contributed by atoms with van der Waals surface area (Å²) in [5.41, 5.74) is 0.817. The van der Waals surface area contributed by atoms with Crippen molar-refractivity contribution < 1.29 is 14.5 Å². The van der Waals surface area contributed by atoms with Crippen molar-refractivity contribution >= 4 is 5.97 Å². The highest BCUT2D eigenvalue weighted by atomic mass is 16.6. The lowest BCUT2D eigenvalue weighted by Crippen LogP contribution is -2.32. The van der Waals surface area contributed by atoms with Gasteiger partial charge in [-0.1, -0.05) is 44.2 Å². The Labute approximate surface area is 106 Å². The summed E-state index contributed by atoms with van der Waals surface area (Å²) in [5, 5.41) is 10.8. The average molecular weight is 251 g/mol. The number of carbonyl (C=O) groups is 1. The summed E-state index contributed by atoms with van der Waals surface area (Å²) in [6.45, 7) is 3.74. The molecule has 98 valence electrons. The molecule has 0 saturated carbocycles. The van der Waals surface area contributed by atoms with Crippen LogP contribution < -0.4 is 0 Å². The average Bonchev–Trinajstić information content (AvgIpc) is 2.34. The number of hydrogen-bond donors (Lipinski definition) is 0. The molecule has 18 heavy (non-hydrogen) atoms. The molecule has 0 aliphatic carbocycles. The molecule has 0 aliphatic rings. The summed E-state index contributed by atoms with van der Waals surface area (Å²) in [4.78, 5) is 21.8. The minimum Gasteiger partial charge on any atom is -0.456 e. The van der Waals surface area contributed by atoms with Crippen LogP contribution in [0.3, 0.4) is 0 Å². The molecule has 0 amide bonds. The predicted molar refractivity (Wildman–Crippen MR) is 66.5 cm³/mol. The van der Waals surface area contributed by atoms with Gasteiger partial charge in [0.25, 0.3) is 0 Å². The van der Waals surface area contributed by atoms with Crippen LogP contribution in [0.25, 0.3) is 0 Å². The van der Waals surface area contributed by atoms with Crippen molar-refractivity contribution in [2.75, 3.05) is 0 Å². The molecule has 5 heteroatoms. The van der Waals surface area contributed by atoms with E-state index in [9.17, 15) is 14.9 Å². The van der Waals surface area contributed by atoms with Crippen LogP contribution in [0, 0.1) is 16.0 Å². The van der Waals surface area contributed by atoms with Gasteiger partial charge in [0.05, 0.1) is 0 Å². The molecule has 0 radical (unpaired) electrons. The Morgan fingerprint density at radius 2 is 1.94 bits per heavy atom. The van der Waals surface area contributed by atoms with Gasteiger partial charge in [0, 0.05) is 11.3 Å². The van der Waals surface area contributed by atoms with Crippen molar-refractivity contribution in [3.05, 3.63) is 46.0 Å². The SMILES string of the molecule is CC(C)CC(C(=O)OCc1ccccc1)[N+](=O)[O-]. The molecule has 0 bridgehead atoms. The van der Waals surface area contributed by atoms with Crippen molar-refractivity contribution in [1.29, 1.82) is 0 Å². The fraction of sp³-hybridized carbons (Fsp3) is 0.462. The van der Waals surface area contributed by atoms with Crippen LogP contribution in [0.4, 0.5) is 0 Å². The summed E-state index contributed by atoms with van der Waals surface area (Å²) >= 11 is 0. The van der Waals surface area contributed by atoms with Crippen molar-refractivity contribution in [1.82, 2.24) is 0 Å². The summed E-state index contributed by atoms with van der Waals surface area (Å²) in [7, 11) is 0. The number of benzene rings is 1. The Balaban J connectivity index is 2.54. The molecule has 0 aromatic heterocycles. The third-order valence-electron chi connectivity index (χ3n) is 2.45. The van der Waals surface area contributed by atoms with E-state index in [4.69, 9.17) is 4.74 Å². The molecule has 1 unspecified atom stereocenters. The third-order valence-corrected chi connectivity index (χ3v) is 2.45. The van der Waals surface area contributed by atoms with E-state index in [0.29, 0.717) is 0 Å². The van der Waals surface area contributed by atoms with Crippen molar-refractivity contribution in [2.24, 2.45) is 5.92 Å². The van der Waals surface area contributed by atoms with Crippen LogP contribution in [-0.2, 0) is 16.1 Å². The van der Waals surface area contributed by atoms with Gasteiger partial charge in [-0.15, -0.1) is 0 Å². The lowest BCUT2D eigenvalue weighted by atomic mass is 10.0. The maximum Gasteiger partial charge on any atom is 0.381 e. The maximum absolute atomic E-state index is 11.6. The van der Waals surface area contributed by atoms with E-state index in [1.54, 1.807) is 12.1 Å². The molecule has 1 aromatic rings. The molecule has 0 spiro atoms. The Morgan fingerprint density at radius 1 is 1.33 bits per heavy atom. The van der Waals surface area contributed by atoms with Crippen LogP contribution >= 0.6 is 0 Å². The summed E-state index contributed by atoms with van der Waals surface area (Å²) < 4.78 is 4.97. The van der Waals surface area contributed by atoms with Gasteiger partial charge in [-0.05, 0) is 11.5 Å². The molecule has 5 nitrogen and oxygen atoms in total. The number of nitro groups is 1. The van der Waals surface area contributed by atoms with Gasteiger partial charge in [0.2, 0.25) is 0 Å². The zero-order valence-electron chi connectivity index (χ0n) is 10.5. The number of rotatable bonds is 6. The zero-order valence-corrected chi connectivity index (χ0v) is 10.5. The number of hydrogen-bond acceptors (Lipinski definition) is 4. The van der Waals surface area contributed by atoms with Gasteiger partial charge in [0.1, 0.15) is 6.61 Å². The summed E-state index contributed by atoms with van der Waals surface area (Å²) in [6.07, 6.45) is 0.195. The highest BCUT2D eigenvalue weighted by Gasteiger charge is 2.32. The van der Waals surface area contributed by atoms with E-state index in [1.807, 2.05) is 32.0 Å². The van der Waals surface area contributed by atoms with Gasteiger partial charge in [-0.2, -0.15) is 0 Å². The molecule has 0 saturated heterocycles. The molecular weight excluding hydrogens is 234 g/mol. The van der Waals surface area contributed by atoms with E-state index >= 15 is 0 Å². The normalized spacial score (nSPS) is 12.2. The van der Waals surface area contributed by atoms with Crippen molar-refractivity contribution in [2.45, 2.75) is 32.9 Å². The zero-order chi connectivity index (χ0) is 13.5. The van der Waals surface area contributed by atoms with E-state index < -0.39 is 16.9 Å². The van der Waals surface area contributed by atoms with Gasteiger partial charge in [-0.25, -0.2) is 4.79 Å². The van der Waals surface area contributed by atoms with E-state index in [0.717, 1.165) is 5.56 Å². The maximum atomic E-state index is 11.6. The molecule has 1 aromatic carbocycles. The lowest BCUT2D eigenvalue weighted by Gasteiger charge is -2.11. The second kappa shape index (κ2) is 6.74. The van der Waals surface area contributed by atoms with Crippen LogP contribution in [-0.4, -0.2) is 16.9 Å². The Hall–Kier alpha value is -1.91. The Morgan fingerprint density at radius 3 is 2.44 bits per heavy atom. The number of nitrogens with zero attached hydrogens (tertiary/aromatic N) is 1. The topological polar surface area (TPSA) is 69.4 Å². The summed E-state index contributed by atoms with van der Waals surface area (Å²) in [5.74, 6) is -0.692. The van der Waals surface area contributed by atoms with Crippen LogP contribution in [0.15, 0.2) is 30.3 Å². The Bertz CT molecular complexity index is 403. The largest absolute Gasteiger partial charge is 0.456 e. The first-order valence-electron chi connectivity index (χ1n) is 5.84. The van der Waals surface area contributed by atoms with Crippen molar-refractivity contribution in [3.63, 3.8) is 0 Å². The molecule has 0 heterocycles. The summed E-state index contributed by atoms with van der Waals surface area (Å²) in [6, 6.07) is 7.83. The Kier molecular flexibility index (Phi) is 5.30. The fourth-order valence-corrected chi connectivity index (χ4v) is 1.54. The van der Waals surface area contributed by atoms with Crippen LogP contribution in [0.5, 0.6) is 0 Å². The number of carbonyl (C=O) groups excluding carboxylic acids is 1. The molecule has 1 rings (SSSR count). The van der Waals surface area contributed by atoms with E-state index in [-0.39, 0.29) is 18.9 Å². The van der Waals surface area contributed by atoms with Gasteiger partial charge < -0.3 is 4.74 Å². The first-order valence-corrected chi connectivity index (χ1v) is 5.84. The minimum absolute atomic E-state index is 0.0715. The third kappa shape index (κ3) is 4.53. The number of ether oxygens (including phenoxy) is 1. The smallest absolute Gasteiger partial charge is 0.381 e. The lowest BCUT2D eigenvalue weighted by molar-refractivity contribution is -0.512.